The number of benzene rings is 2. The van der Waals surface area contributed by atoms with Crippen molar-refractivity contribution in [2.45, 2.75) is 18.9 Å². The maximum atomic E-state index is 13.0. The van der Waals surface area contributed by atoms with Crippen LogP contribution in [0.25, 0.3) is 11.3 Å². The molecule has 0 unspecified atom stereocenters. The lowest BCUT2D eigenvalue weighted by atomic mass is 10.0. The molecule has 0 aliphatic carbocycles. The molecule has 1 aliphatic rings. The fourth-order valence-electron chi connectivity index (χ4n) is 3.52. The second-order valence-corrected chi connectivity index (χ2v) is 6.99. The number of carbonyl (C=O) groups excluding carboxylic acids is 1. The number of anilines is 1. The summed E-state index contributed by atoms with van der Waals surface area (Å²) in [5, 5.41) is 7.36. The van der Waals surface area contributed by atoms with Gasteiger partial charge in [-0.1, -0.05) is 17.3 Å². The third-order valence-electron chi connectivity index (χ3n) is 5.10. The summed E-state index contributed by atoms with van der Waals surface area (Å²) in [5.41, 5.74) is 1.92. The number of likely N-dealkylation sites (tertiary alicyclic amines) is 1. The Kier molecular flexibility index (Phi) is 5.46. The maximum absolute atomic E-state index is 13.0. The van der Waals surface area contributed by atoms with Crippen molar-refractivity contribution in [3.63, 3.8) is 0 Å². The zero-order valence-corrected chi connectivity index (χ0v) is 16.1. The van der Waals surface area contributed by atoms with E-state index in [1.165, 1.54) is 12.1 Å². The molecule has 2 aromatic carbocycles. The zero-order valence-electron chi connectivity index (χ0n) is 16.1. The van der Waals surface area contributed by atoms with E-state index in [2.05, 4.69) is 10.5 Å². The Morgan fingerprint density at radius 3 is 2.62 bits per heavy atom. The first-order chi connectivity index (χ1) is 14.1. The summed E-state index contributed by atoms with van der Waals surface area (Å²) in [6.45, 7) is 1.24. The summed E-state index contributed by atoms with van der Waals surface area (Å²) in [6.07, 6.45) is 1.61. The lowest BCUT2D eigenvalue weighted by molar-refractivity contribution is 0.0708. The Morgan fingerprint density at radius 1 is 1.17 bits per heavy atom. The summed E-state index contributed by atoms with van der Waals surface area (Å²) in [6, 6.07) is 15.7. The lowest BCUT2D eigenvalue weighted by Gasteiger charge is -2.32. The first-order valence-corrected chi connectivity index (χ1v) is 9.55. The number of nitrogens with zero attached hydrogens (tertiary/aromatic N) is 2. The molecule has 1 aliphatic heterocycles. The Bertz CT molecular complexity index is 979. The Hall–Kier alpha value is -3.35. The van der Waals surface area contributed by atoms with Crippen molar-refractivity contribution in [3.05, 3.63) is 66.1 Å². The van der Waals surface area contributed by atoms with E-state index in [9.17, 15) is 9.18 Å². The van der Waals surface area contributed by atoms with E-state index in [4.69, 9.17) is 9.26 Å². The van der Waals surface area contributed by atoms with Crippen LogP contribution in [0, 0.1) is 5.82 Å². The third-order valence-corrected chi connectivity index (χ3v) is 5.10. The number of piperidine rings is 1. The quantitative estimate of drug-likeness (QED) is 0.701. The lowest BCUT2D eigenvalue weighted by Crippen LogP contribution is -2.42. The second kappa shape index (κ2) is 8.34. The van der Waals surface area contributed by atoms with Crippen molar-refractivity contribution in [3.8, 4) is 17.1 Å². The molecule has 0 radical (unpaired) electrons. The van der Waals surface area contributed by atoms with Crippen LogP contribution in [0.2, 0.25) is 0 Å². The highest BCUT2D eigenvalue weighted by molar-refractivity contribution is 5.93. The van der Waals surface area contributed by atoms with Crippen LogP contribution in [-0.2, 0) is 0 Å². The Balaban J connectivity index is 1.37. The number of para-hydroxylation sites is 1. The van der Waals surface area contributed by atoms with Crippen molar-refractivity contribution in [1.29, 1.82) is 0 Å². The second-order valence-electron chi connectivity index (χ2n) is 6.99. The highest BCUT2D eigenvalue weighted by Crippen LogP contribution is 2.30. The summed E-state index contributed by atoms with van der Waals surface area (Å²) < 4.78 is 23.8. The molecule has 3 aromatic rings. The molecule has 29 heavy (non-hydrogen) atoms. The third kappa shape index (κ3) is 4.23. The molecular formula is C22H22FN3O3. The average molecular weight is 395 g/mol. The first kappa shape index (κ1) is 19.0. The average Bonchev–Trinajstić information content (AvgIpc) is 3.25. The van der Waals surface area contributed by atoms with Gasteiger partial charge in [-0.05, 0) is 49.2 Å². The number of hydrogen-bond donors (Lipinski definition) is 1. The van der Waals surface area contributed by atoms with Crippen molar-refractivity contribution < 1.29 is 18.4 Å². The van der Waals surface area contributed by atoms with E-state index in [1.807, 2.05) is 24.3 Å². The molecule has 1 saturated heterocycles. The molecule has 2 heterocycles. The van der Waals surface area contributed by atoms with Gasteiger partial charge in [-0.15, -0.1) is 0 Å². The number of amides is 1. The van der Waals surface area contributed by atoms with Crippen LogP contribution < -0.4 is 10.1 Å². The maximum Gasteiger partial charge on any atom is 0.276 e. The van der Waals surface area contributed by atoms with E-state index < -0.39 is 0 Å². The molecule has 1 amide bonds. The van der Waals surface area contributed by atoms with Crippen molar-refractivity contribution >= 4 is 11.6 Å². The van der Waals surface area contributed by atoms with Gasteiger partial charge in [-0.2, -0.15) is 0 Å². The fourth-order valence-corrected chi connectivity index (χ4v) is 3.52. The molecule has 1 fully saturated rings. The predicted octanol–water partition coefficient (Wildman–Crippen LogP) is 4.21. The molecule has 6 nitrogen and oxygen atoms in total. The monoisotopic (exact) mass is 395 g/mol. The number of ether oxygens (including phenoxy) is 1. The molecule has 4 rings (SSSR count). The van der Waals surface area contributed by atoms with E-state index in [1.54, 1.807) is 30.2 Å². The van der Waals surface area contributed by atoms with Crippen molar-refractivity contribution in [1.82, 2.24) is 10.1 Å². The van der Waals surface area contributed by atoms with Crippen LogP contribution in [0.15, 0.2) is 59.1 Å². The van der Waals surface area contributed by atoms with Gasteiger partial charge in [0.15, 0.2) is 11.5 Å². The number of rotatable bonds is 5. The van der Waals surface area contributed by atoms with Gasteiger partial charge in [0, 0.05) is 30.9 Å². The van der Waals surface area contributed by atoms with Gasteiger partial charge in [0.25, 0.3) is 5.91 Å². The highest BCUT2D eigenvalue weighted by atomic mass is 19.1. The van der Waals surface area contributed by atoms with Crippen molar-refractivity contribution in [2.24, 2.45) is 0 Å². The summed E-state index contributed by atoms with van der Waals surface area (Å²) in [7, 11) is 1.59. The molecule has 7 heteroatoms. The number of methoxy groups -OCH3 is 1. The van der Waals surface area contributed by atoms with Crippen LogP contribution >= 0.6 is 0 Å². The standard InChI is InChI=1S/C22H22FN3O3/c1-28-20-5-3-2-4-18(20)21-14-19(25-29-21)22(27)26-12-10-17(11-13-26)24-16-8-6-15(23)7-9-16/h2-9,14,17,24H,10-13H2,1H3. The number of halogens is 1. The minimum Gasteiger partial charge on any atom is -0.496 e. The topological polar surface area (TPSA) is 67.6 Å². The zero-order chi connectivity index (χ0) is 20.2. The number of nitrogens with one attached hydrogen (secondary N) is 1. The van der Waals surface area contributed by atoms with Crippen LogP contribution in [0.4, 0.5) is 10.1 Å². The summed E-state index contributed by atoms with van der Waals surface area (Å²) in [5.74, 6) is 0.764. The first-order valence-electron chi connectivity index (χ1n) is 9.55. The van der Waals surface area contributed by atoms with E-state index in [-0.39, 0.29) is 23.5 Å². The van der Waals surface area contributed by atoms with Crippen LogP contribution in [0.3, 0.4) is 0 Å². The Labute approximate surface area is 168 Å². The van der Waals surface area contributed by atoms with E-state index in [0.717, 1.165) is 24.1 Å². The van der Waals surface area contributed by atoms with Gasteiger partial charge >= 0.3 is 0 Å². The number of carbonyl (C=O) groups is 1. The van der Waals surface area contributed by atoms with Crippen LogP contribution in [0.1, 0.15) is 23.3 Å². The van der Waals surface area contributed by atoms with Gasteiger partial charge in [-0.25, -0.2) is 4.39 Å². The van der Waals surface area contributed by atoms with Gasteiger partial charge in [-0.3, -0.25) is 4.79 Å². The summed E-state index contributed by atoms with van der Waals surface area (Å²) in [4.78, 5) is 14.6. The molecule has 0 saturated carbocycles. The SMILES string of the molecule is COc1ccccc1-c1cc(C(=O)N2CCC(Nc3ccc(F)cc3)CC2)no1. The minimum atomic E-state index is -0.254. The number of aromatic nitrogens is 1. The molecule has 1 N–H and O–H groups in total. The van der Waals surface area contributed by atoms with Crippen LogP contribution in [0.5, 0.6) is 5.75 Å². The van der Waals surface area contributed by atoms with Gasteiger partial charge in [0.05, 0.1) is 12.7 Å². The highest BCUT2D eigenvalue weighted by Gasteiger charge is 2.26. The molecule has 0 spiro atoms. The van der Waals surface area contributed by atoms with Gasteiger partial charge < -0.3 is 19.5 Å². The minimum absolute atomic E-state index is 0.143. The molecule has 0 bridgehead atoms. The number of hydrogen-bond acceptors (Lipinski definition) is 5. The van der Waals surface area contributed by atoms with E-state index in [0.29, 0.717) is 24.6 Å². The largest absolute Gasteiger partial charge is 0.496 e. The molecule has 0 atom stereocenters. The van der Waals surface area contributed by atoms with Gasteiger partial charge in [0.1, 0.15) is 11.6 Å². The van der Waals surface area contributed by atoms with Gasteiger partial charge in [0.2, 0.25) is 0 Å². The molecular weight excluding hydrogens is 373 g/mol. The predicted molar refractivity (Wildman–Crippen MR) is 107 cm³/mol. The smallest absolute Gasteiger partial charge is 0.276 e. The molecule has 150 valence electrons. The summed E-state index contributed by atoms with van der Waals surface area (Å²) >= 11 is 0. The molecule has 1 aromatic heterocycles. The van der Waals surface area contributed by atoms with Crippen LogP contribution in [-0.4, -0.2) is 42.2 Å². The normalized spacial score (nSPS) is 14.6. The fraction of sp³-hybridized carbons (Fsp3) is 0.273. The van der Waals surface area contributed by atoms with E-state index >= 15 is 0 Å². The van der Waals surface area contributed by atoms with Crippen molar-refractivity contribution in [2.75, 3.05) is 25.5 Å². The Morgan fingerprint density at radius 2 is 1.90 bits per heavy atom.